The van der Waals surface area contributed by atoms with Gasteiger partial charge in [-0.3, -0.25) is 4.79 Å². The number of fused-ring (bicyclic) bond motifs is 1. The molecule has 0 unspecified atom stereocenters. The van der Waals surface area contributed by atoms with Crippen LogP contribution in [0.1, 0.15) is 56.1 Å². The molecular formula is C21H25NO2S. The lowest BCUT2D eigenvalue weighted by Gasteiger charge is -2.38. The number of carbonyl (C=O) groups excluding carboxylic acids is 1. The van der Waals surface area contributed by atoms with Crippen LogP contribution in [0.25, 0.3) is 0 Å². The molecule has 132 valence electrons. The summed E-state index contributed by atoms with van der Waals surface area (Å²) < 4.78 is 6.06. The van der Waals surface area contributed by atoms with Gasteiger partial charge >= 0.3 is 0 Å². The van der Waals surface area contributed by atoms with Gasteiger partial charge in [-0.1, -0.05) is 44.2 Å². The molecule has 0 aromatic heterocycles. The number of thioether (sulfide) groups is 1. The lowest BCUT2D eigenvalue weighted by Crippen LogP contribution is -2.41. The molecular weight excluding hydrogens is 330 g/mol. The Hall–Kier alpha value is -1.94. The maximum Gasteiger partial charge on any atom is 0.252 e. The van der Waals surface area contributed by atoms with Gasteiger partial charge in [0.1, 0.15) is 11.4 Å². The molecule has 0 bridgehead atoms. The molecule has 1 amide bonds. The Morgan fingerprint density at radius 3 is 2.60 bits per heavy atom. The van der Waals surface area contributed by atoms with E-state index in [4.69, 9.17) is 4.74 Å². The topological polar surface area (TPSA) is 38.3 Å². The summed E-state index contributed by atoms with van der Waals surface area (Å²) in [5.41, 5.74) is 1.48. The van der Waals surface area contributed by atoms with E-state index >= 15 is 0 Å². The van der Waals surface area contributed by atoms with Crippen LogP contribution in [-0.2, 0) is 0 Å². The molecule has 0 radical (unpaired) electrons. The van der Waals surface area contributed by atoms with E-state index in [0.29, 0.717) is 5.25 Å². The average Bonchev–Trinajstić information content (AvgIpc) is 2.53. The maximum absolute atomic E-state index is 13.0. The van der Waals surface area contributed by atoms with Crippen molar-refractivity contribution in [2.24, 2.45) is 0 Å². The third-order valence-corrected chi connectivity index (χ3v) is 5.26. The number of benzene rings is 2. The lowest BCUT2D eigenvalue weighted by atomic mass is 9.89. The highest BCUT2D eigenvalue weighted by molar-refractivity contribution is 8.00. The van der Waals surface area contributed by atoms with Gasteiger partial charge < -0.3 is 10.1 Å². The lowest BCUT2D eigenvalue weighted by molar-refractivity contribution is 0.0619. The molecule has 3 nitrogen and oxygen atoms in total. The summed E-state index contributed by atoms with van der Waals surface area (Å²) in [4.78, 5) is 14.0. The van der Waals surface area contributed by atoms with E-state index in [1.807, 2.05) is 48.5 Å². The predicted molar refractivity (Wildman–Crippen MR) is 103 cm³/mol. The predicted octanol–water partition coefficient (Wildman–Crippen LogP) is 5.22. The normalized spacial score (nSPS) is 18.4. The van der Waals surface area contributed by atoms with Gasteiger partial charge in [0.2, 0.25) is 0 Å². The number of nitrogens with one attached hydrogen (secondary N) is 1. The molecule has 2 aromatic rings. The number of amides is 1. The smallest absolute Gasteiger partial charge is 0.252 e. The first-order chi connectivity index (χ1) is 11.9. The number of para-hydroxylation sites is 1. The minimum Gasteiger partial charge on any atom is -0.487 e. The fourth-order valence-electron chi connectivity index (χ4n) is 3.18. The van der Waals surface area contributed by atoms with Crippen LogP contribution >= 0.6 is 11.8 Å². The number of hydrogen-bond acceptors (Lipinski definition) is 3. The van der Waals surface area contributed by atoms with Crippen LogP contribution in [0, 0.1) is 0 Å². The number of rotatable bonds is 4. The van der Waals surface area contributed by atoms with Crippen molar-refractivity contribution in [1.29, 1.82) is 0 Å². The molecule has 0 fully saturated rings. The van der Waals surface area contributed by atoms with Gasteiger partial charge in [0.05, 0.1) is 11.6 Å². The van der Waals surface area contributed by atoms with Crippen LogP contribution in [-0.4, -0.2) is 16.8 Å². The minimum absolute atomic E-state index is 0.0266. The molecule has 0 saturated carbocycles. The summed E-state index contributed by atoms with van der Waals surface area (Å²) >= 11 is 1.72. The Kier molecular flexibility index (Phi) is 5.09. The van der Waals surface area contributed by atoms with Gasteiger partial charge in [0.25, 0.3) is 5.91 Å². The molecule has 2 aromatic carbocycles. The SMILES string of the molecule is CC(C)Sc1ccccc1C(=O)N[C@H]1CC(C)(C)Oc2ccccc21. The number of ether oxygens (including phenoxy) is 1. The Balaban J connectivity index is 1.87. The summed E-state index contributed by atoms with van der Waals surface area (Å²) in [6.07, 6.45) is 0.745. The van der Waals surface area contributed by atoms with Crippen molar-refractivity contribution in [3.8, 4) is 5.75 Å². The van der Waals surface area contributed by atoms with E-state index in [0.717, 1.165) is 28.2 Å². The first kappa shape index (κ1) is 17.9. The summed E-state index contributed by atoms with van der Waals surface area (Å²) in [6, 6.07) is 15.7. The molecule has 25 heavy (non-hydrogen) atoms. The van der Waals surface area contributed by atoms with Crippen molar-refractivity contribution < 1.29 is 9.53 Å². The van der Waals surface area contributed by atoms with Gasteiger partial charge in [-0.25, -0.2) is 0 Å². The standard InChI is InChI=1S/C21H25NO2S/c1-14(2)25-19-12-8-6-10-16(19)20(23)22-17-13-21(3,4)24-18-11-7-5-9-15(17)18/h5-12,14,17H,13H2,1-4H3,(H,22,23)/t17-/m0/s1. The van der Waals surface area contributed by atoms with E-state index in [2.05, 4.69) is 33.0 Å². The van der Waals surface area contributed by atoms with Crippen LogP contribution in [0.15, 0.2) is 53.4 Å². The fourth-order valence-corrected chi connectivity index (χ4v) is 4.13. The van der Waals surface area contributed by atoms with Crippen molar-refractivity contribution in [3.63, 3.8) is 0 Å². The number of hydrogen-bond donors (Lipinski definition) is 1. The van der Waals surface area contributed by atoms with Gasteiger partial charge in [-0.2, -0.15) is 0 Å². The summed E-state index contributed by atoms with van der Waals surface area (Å²) in [6.45, 7) is 8.39. The van der Waals surface area contributed by atoms with Crippen molar-refractivity contribution in [3.05, 3.63) is 59.7 Å². The largest absolute Gasteiger partial charge is 0.487 e. The van der Waals surface area contributed by atoms with E-state index in [-0.39, 0.29) is 17.6 Å². The van der Waals surface area contributed by atoms with Gasteiger partial charge in [-0.15, -0.1) is 11.8 Å². The molecule has 0 saturated heterocycles. The van der Waals surface area contributed by atoms with Crippen LogP contribution in [0.5, 0.6) is 5.75 Å². The van der Waals surface area contributed by atoms with Crippen LogP contribution < -0.4 is 10.1 Å². The zero-order chi connectivity index (χ0) is 18.0. The summed E-state index contributed by atoms with van der Waals surface area (Å²) in [5, 5.41) is 3.66. The molecule has 4 heteroatoms. The van der Waals surface area contributed by atoms with Crippen LogP contribution in [0.2, 0.25) is 0 Å². The average molecular weight is 356 g/mol. The van der Waals surface area contributed by atoms with Crippen molar-refractivity contribution in [2.45, 2.75) is 55.9 Å². The zero-order valence-electron chi connectivity index (χ0n) is 15.2. The van der Waals surface area contributed by atoms with Gasteiger partial charge in [-0.05, 0) is 32.0 Å². The molecule has 3 rings (SSSR count). The van der Waals surface area contributed by atoms with Crippen molar-refractivity contribution in [1.82, 2.24) is 5.32 Å². The minimum atomic E-state index is -0.307. The molecule has 1 aliphatic heterocycles. The third kappa shape index (κ3) is 4.18. The molecule has 0 aliphatic carbocycles. The van der Waals surface area contributed by atoms with Crippen LogP contribution in [0.3, 0.4) is 0 Å². The fraction of sp³-hybridized carbons (Fsp3) is 0.381. The second-order valence-corrected chi connectivity index (χ2v) is 8.91. The van der Waals surface area contributed by atoms with E-state index < -0.39 is 0 Å². The Bertz CT molecular complexity index is 770. The monoisotopic (exact) mass is 355 g/mol. The molecule has 1 atom stereocenters. The Morgan fingerprint density at radius 1 is 1.16 bits per heavy atom. The van der Waals surface area contributed by atoms with Crippen molar-refractivity contribution >= 4 is 17.7 Å². The Morgan fingerprint density at radius 2 is 1.84 bits per heavy atom. The quantitative estimate of drug-likeness (QED) is 0.764. The van der Waals surface area contributed by atoms with Gasteiger partial charge in [0.15, 0.2) is 0 Å². The number of carbonyl (C=O) groups is 1. The summed E-state index contributed by atoms with van der Waals surface area (Å²) in [5.74, 6) is 0.829. The van der Waals surface area contributed by atoms with E-state index in [1.54, 1.807) is 11.8 Å². The molecule has 0 spiro atoms. The second-order valence-electron chi connectivity index (χ2n) is 7.29. The molecule has 1 N–H and O–H groups in total. The first-order valence-corrected chi connectivity index (χ1v) is 9.58. The van der Waals surface area contributed by atoms with E-state index in [1.165, 1.54) is 0 Å². The zero-order valence-corrected chi connectivity index (χ0v) is 16.0. The second kappa shape index (κ2) is 7.12. The first-order valence-electron chi connectivity index (χ1n) is 8.70. The van der Waals surface area contributed by atoms with Crippen LogP contribution in [0.4, 0.5) is 0 Å². The maximum atomic E-state index is 13.0. The highest BCUT2D eigenvalue weighted by Gasteiger charge is 2.34. The highest BCUT2D eigenvalue weighted by atomic mass is 32.2. The summed E-state index contributed by atoms with van der Waals surface area (Å²) in [7, 11) is 0. The molecule has 1 heterocycles. The van der Waals surface area contributed by atoms with E-state index in [9.17, 15) is 4.79 Å². The van der Waals surface area contributed by atoms with Crippen molar-refractivity contribution in [2.75, 3.05) is 0 Å². The van der Waals surface area contributed by atoms with Gasteiger partial charge in [0, 0.05) is 22.1 Å². The highest BCUT2D eigenvalue weighted by Crippen LogP contribution is 2.39. The third-order valence-electron chi connectivity index (χ3n) is 4.18. The Labute approximate surface area is 154 Å². The molecule has 1 aliphatic rings.